The number of aromatic nitrogens is 1. The van der Waals surface area contributed by atoms with Crippen LogP contribution in [0, 0.1) is 0 Å². The molecule has 0 bridgehead atoms. The van der Waals surface area contributed by atoms with Crippen LogP contribution >= 0.6 is 11.3 Å². The van der Waals surface area contributed by atoms with Gasteiger partial charge in [0.2, 0.25) is 0 Å². The molecule has 4 rings (SSSR count). The summed E-state index contributed by atoms with van der Waals surface area (Å²) < 4.78 is 16.8. The van der Waals surface area contributed by atoms with Gasteiger partial charge in [0.1, 0.15) is 12.7 Å². The van der Waals surface area contributed by atoms with Gasteiger partial charge >= 0.3 is 0 Å². The van der Waals surface area contributed by atoms with Crippen LogP contribution in [-0.4, -0.2) is 30.1 Å². The van der Waals surface area contributed by atoms with Crippen LogP contribution in [0.2, 0.25) is 0 Å². The van der Waals surface area contributed by atoms with Gasteiger partial charge in [-0.25, -0.2) is 4.98 Å². The molecule has 3 aromatic rings. The van der Waals surface area contributed by atoms with Gasteiger partial charge in [0.15, 0.2) is 29.3 Å². The molecule has 1 aromatic carbocycles. The fraction of sp³-hybridized carbons (Fsp3) is 0.176. The van der Waals surface area contributed by atoms with Crippen LogP contribution in [-0.2, 0) is 0 Å². The molecule has 2 aromatic heterocycles. The molecule has 0 spiro atoms. The molecular formula is C17H14N2O4S. The van der Waals surface area contributed by atoms with Crippen molar-refractivity contribution in [1.82, 2.24) is 10.3 Å². The van der Waals surface area contributed by atoms with E-state index in [0.717, 1.165) is 10.6 Å². The maximum absolute atomic E-state index is 12.4. The predicted molar refractivity (Wildman–Crippen MR) is 88.5 cm³/mol. The minimum absolute atomic E-state index is 0.249. The van der Waals surface area contributed by atoms with Crippen molar-refractivity contribution in [3.63, 3.8) is 0 Å². The van der Waals surface area contributed by atoms with E-state index in [9.17, 15) is 4.79 Å². The van der Waals surface area contributed by atoms with Crippen molar-refractivity contribution in [3.8, 4) is 22.1 Å². The van der Waals surface area contributed by atoms with Crippen LogP contribution < -0.4 is 14.8 Å². The molecule has 0 unspecified atom stereocenters. The molecule has 24 heavy (non-hydrogen) atoms. The van der Waals surface area contributed by atoms with Gasteiger partial charge in [-0.15, -0.1) is 11.3 Å². The van der Waals surface area contributed by atoms with Gasteiger partial charge in [-0.3, -0.25) is 4.79 Å². The number of nitrogens with one attached hydrogen (secondary N) is 1. The Morgan fingerprint density at radius 1 is 1.25 bits per heavy atom. The summed E-state index contributed by atoms with van der Waals surface area (Å²) in [6.07, 6.45) is 1.03. The highest BCUT2D eigenvalue weighted by molar-refractivity contribution is 7.13. The Labute approximate surface area is 142 Å². The summed E-state index contributed by atoms with van der Waals surface area (Å²) >= 11 is 1.49. The normalized spacial score (nSPS) is 15.9. The van der Waals surface area contributed by atoms with Crippen LogP contribution in [0.4, 0.5) is 0 Å². The number of benzene rings is 1. The topological polar surface area (TPSA) is 73.6 Å². The van der Waals surface area contributed by atoms with Crippen LogP contribution in [0.3, 0.4) is 0 Å². The average Bonchev–Trinajstić information content (AvgIpc) is 3.30. The fourth-order valence-electron chi connectivity index (χ4n) is 2.44. The quantitative estimate of drug-likeness (QED) is 0.789. The number of thiophene rings is 1. The highest BCUT2D eigenvalue weighted by Gasteiger charge is 2.23. The van der Waals surface area contributed by atoms with E-state index < -0.39 is 0 Å². The SMILES string of the molecule is O=C(NC[C@@H]1COc2ccccc2O1)c1ncoc1-c1cccs1. The Kier molecular flexibility index (Phi) is 3.92. The molecule has 6 nitrogen and oxygen atoms in total. The third kappa shape index (κ3) is 2.85. The lowest BCUT2D eigenvalue weighted by molar-refractivity contribution is 0.0787. The highest BCUT2D eigenvalue weighted by atomic mass is 32.1. The zero-order valence-corrected chi connectivity index (χ0v) is 13.4. The molecular weight excluding hydrogens is 328 g/mol. The first-order chi connectivity index (χ1) is 11.8. The largest absolute Gasteiger partial charge is 0.486 e. The van der Waals surface area contributed by atoms with E-state index in [2.05, 4.69) is 10.3 Å². The zero-order valence-electron chi connectivity index (χ0n) is 12.6. The van der Waals surface area contributed by atoms with Crippen LogP contribution in [0.25, 0.3) is 10.6 Å². The van der Waals surface area contributed by atoms with Gasteiger partial charge in [0.25, 0.3) is 5.91 Å². The number of hydrogen-bond donors (Lipinski definition) is 1. The number of hydrogen-bond acceptors (Lipinski definition) is 6. The van der Waals surface area contributed by atoms with Crippen LogP contribution in [0.5, 0.6) is 11.5 Å². The first-order valence-electron chi connectivity index (χ1n) is 7.45. The van der Waals surface area contributed by atoms with E-state index in [1.165, 1.54) is 17.7 Å². The number of oxazole rings is 1. The molecule has 7 heteroatoms. The number of carbonyl (C=O) groups excluding carboxylic acids is 1. The third-order valence-corrected chi connectivity index (χ3v) is 4.45. The molecule has 0 saturated heterocycles. The molecule has 0 saturated carbocycles. The van der Waals surface area contributed by atoms with Crippen molar-refractivity contribution in [1.29, 1.82) is 0 Å². The molecule has 1 N–H and O–H groups in total. The zero-order chi connectivity index (χ0) is 16.4. The van der Waals surface area contributed by atoms with Gasteiger partial charge < -0.3 is 19.2 Å². The molecule has 122 valence electrons. The second-order valence-electron chi connectivity index (χ2n) is 5.22. The Balaban J connectivity index is 1.41. The Bertz CT molecular complexity index is 844. The van der Waals surface area contributed by atoms with Crippen molar-refractivity contribution in [2.75, 3.05) is 13.2 Å². The summed E-state index contributed by atoms with van der Waals surface area (Å²) in [5.74, 6) is 1.59. The molecule has 1 amide bonds. The molecule has 3 heterocycles. The molecule has 0 fully saturated rings. The van der Waals surface area contributed by atoms with Crippen LogP contribution in [0.1, 0.15) is 10.5 Å². The van der Waals surface area contributed by atoms with Crippen LogP contribution in [0.15, 0.2) is 52.6 Å². The predicted octanol–water partition coefficient (Wildman–Crippen LogP) is 2.97. The van der Waals surface area contributed by atoms with E-state index in [4.69, 9.17) is 13.9 Å². The molecule has 1 aliphatic rings. The molecule has 0 radical (unpaired) electrons. The second kappa shape index (κ2) is 6.37. The van der Waals surface area contributed by atoms with E-state index in [-0.39, 0.29) is 17.7 Å². The molecule has 1 atom stereocenters. The Morgan fingerprint density at radius 3 is 2.96 bits per heavy atom. The number of amides is 1. The smallest absolute Gasteiger partial charge is 0.274 e. The monoisotopic (exact) mass is 342 g/mol. The lowest BCUT2D eigenvalue weighted by atomic mass is 10.2. The van der Waals surface area contributed by atoms with Gasteiger partial charge in [-0.2, -0.15) is 0 Å². The summed E-state index contributed by atoms with van der Waals surface area (Å²) in [6.45, 7) is 0.706. The minimum Gasteiger partial charge on any atom is -0.486 e. The van der Waals surface area contributed by atoms with Crippen molar-refractivity contribution < 1.29 is 18.7 Å². The van der Waals surface area contributed by atoms with Gasteiger partial charge in [0, 0.05) is 0 Å². The number of carbonyl (C=O) groups is 1. The standard InChI is InChI=1S/C17H14N2O4S/c20-17(15-16(22-10-19-15)14-6-3-7-24-14)18-8-11-9-21-12-4-1-2-5-13(12)23-11/h1-7,10-11H,8-9H2,(H,18,20)/t11-/m1/s1. The summed E-state index contributed by atoms with van der Waals surface area (Å²) in [7, 11) is 0. The summed E-state index contributed by atoms with van der Waals surface area (Å²) in [5.41, 5.74) is 0.273. The lowest BCUT2D eigenvalue weighted by Crippen LogP contribution is -2.40. The lowest BCUT2D eigenvalue weighted by Gasteiger charge is -2.26. The van der Waals surface area contributed by atoms with E-state index >= 15 is 0 Å². The summed E-state index contributed by atoms with van der Waals surface area (Å²) in [5, 5.41) is 4.75. The van der Waals surface area contributed by atoms with Gasteiger partial charge in [-0.1, -0.05) is 18.2 Å². The number of para-hydroxylation sites is 2. The first kappa shape index (κ1) is 14.8. The highest BCUT2D eigenvalue weighted by Crippen LogP contribution is 2.31. The Morgan fingerprint density at radius 2 is 2.12 bits per heavy atom. The maximum Gasteiger partial charge on any atom is 0.274 e. The average molecular weight is 342 g/mol. The van der Waals surface area contributed by atoms with Crippen molar-refractivity contribution in [2.45, 2.75) is 6.10 Å². The van der Waals surface area contributed by atoms with Crippen molar-refractivity contribution >= 4 is 17.2 Å². The summed E-state index contributed by atoms with van der Waals surface area (Å²) in [4.78, 5) is 17.3. The van der Waals surface area contributed by atoms with E-state index in [0.29, 0.717) is 24.7 Å². The molecule has 0 aliphatic carbocycles. The van der Waals surface area contributed by atoms with Gasteiger partial charge in [0.05, 0.1) is 11.4 Å². The number of rotatable bonds is 4. The number of fused-ring (bicyclic) bond motifs is 1. The fourth-order valence-corrected chi connectivity index (χ4v) is 3.16. The first-order valence-corrected chi connectivity index (χ1v) is 8.33. The van der Waals surface area contributed by atoms with E-state index in [1.807, 2.05) is 41.8 Å². The summed E-state index contributed by atoms with van der Waals surface area (Å²) in [6, 6.07) is 11.3. The van der Waals surface area contributed by atoms with Gasteiger partial charge in [-0.05, 0) is 23.6 Å². The minimum atomic E-state index is -0.297. The third-order valence-electron chi connectivity index (χ3n) is 3.59. The van der Waals surface area contributed by atoms with E-state index in [1.54, 1.807) is 0 Å². The van der Waals surface area contributed by atoms with Crippen molar-refractivity contribution in [3.05, 3.63) is 53.9 Å². The number of ether oxygens (including phenoxy) is 2. The van der Waals surface area contributed by atoms with Crippen molar-refractivity contribution in [2.24, 2.45) is 0 Å². The maximum atomic E-state index is 12.4. The second-order valence-corrected chi connectivity index (χ2v) is 6.16. The molecule has 1 aliphatic heterocycles. The number of nitrogens with zero attached hydrogens (tertiary/aromatic N) is 1. The Hall–Kier alpha value is -2.80.